The lowest BCUT2D eigenvalue weighted by Gasteiger charge is -2.02. The second-order valence-corrected chi connectivity index (χ2v) is 6.23. The quantitative estimate of drug-likeness (QED) is 0.768. The van der Waals surface area contributed by atoms with Crippen molar-refractivity contribution in [3.63, 3.8) is 0 Å². The van der Waals surface area contributed by atoms with Crippen LogP contribution >= 0.6 is 11.3 Å². The van der Waals surface area contributed by atoms with Crippen LogP contribution in [0.1, 0.15) is 16.0 Å². The largest absolute Gasteiger partial charge is 0.302 e. The highest BCUT2D eigenvalue weighted by atomic mass is 32.1. The fourth-order valence-corrected chi connectivity index (χ4v) is 3.07. The van der Waals surface area contributed by atoms with Crippen LogP contribution in [-0.4, -0.2) is 10.9 Å². The number of carbonyl (C=O) groups is 1. The van der Waals surface area contributed by atoms with Crippen molar-refractivity contribution in [2.45, 2.75) is 12.8 Å². The van der Waals surface area contributed by atoms with Crippen molar-refractivity contribution >= 4 is 22.4 Å². The molecule has 1 N–H and O–H groups in total. The molecule has 0 aliphatic rings. The van der Waals surface area contributed by atoms with E-state index in [1.54, 1.807) is 18.3 Å². The molecule has 5 heteroatoms. The number of thiazole rings is 1. The molecule has 0 saturated carbocycles. The summed E-state index contributed by atoms with van der Waals surface area (Å²) >= 11 is 1.37. The molecule has 0 bridgehead atoms. The Bertz CT molecular complexity index is 802. The van der Waals surface area contributed by atoms with Crippen LogP contribution in [-0.2, 0) is 17.6 Å². The first-order valence-corrected chi connectivity index (χ1v) is 8.04. The van der Waals surface area contributed by atoms with Gasteiger partial charge in [0.15, 0.2) is 5.13 Å². The molecular formula is C18H15FN2OS. The van der Waals surface area contributed by atoms with E-state index in [4.69, 9.17) is 0 Å². The van der Waals surface area contributed by atoms with E-state index >= 15 is 0 Å². The number of carbonyl (C=O) groups excluding carboxylic acids is 1. The number of benzene rings is 2. The summed E-state index contributed by atoms with van der Waals surface area (Å²) in [5.41, 5.74) is 1.58. The minimum atomic E-state index is -0.226. The van der Waals surface area contributed by atoms with E-state index < -0.39 is 0 Å². The molecular weight excluding hydrogens is 311 g/mol. The molecule has 0 fully saturated rings. The van der Waals surface area contributed by atoms with Crippen LogP contribution in [0.4, 0.5) is 9.52 Å². The maximum absolute atomic E-state index is 13.6. The second-order valence-electron chi connectivity index (χ2n) is 5.11. The second kappa shape index (κ2) is 7.15. The molecule has 0 saturated heterocycles. The average Bonchev–Trinajstić information content (AvgIpc) is 2.97. The van der Waals surface area contributed by atoms with Gasteiger partial charge in [0.25, 0.3) is 0 Å². The number of nitrogens with zero attached hydrogens (tertiary/aromatic N) is 1. The molecule has 0 aliphatic heterocycles. The van der Waals surface area contributed by atoms with E-state index in [0.717, 1.165) is 10.4 Å². The number of hydrogen-bond acceptors (Lipinski definition) is 3. The molecule has 3 aromatic rings. The highest BCUT2D eigenvalue weighted by Crippen LogP contribution is 2.22. The van der Waals surface area contributed by atoms with Gasteiger partial charge in [-0.2, -0.15) is 0 Å². The Morgan fingerprint density at radius 3 is 2.61 bits per heavy atom. The maximum atomic E-state index is 13.6. The zero-order valence-electron chi connectivity index (χ0n) is 12.3. The van der Waals surface area contributed by atoms with Gasteiger partial charge in [0.1, 0.15) is 5.82 Å². The summed E-state index contributed by atoms with van der Waals surface area (Å²) in [5.74, 6) is -0.335. The average molecular weight is 326 g/mol. The first kappa shape index (κ1) is 15.4. The van der Waals surface area contributed by atoms with Crippen molar-refractivity contribution in [2.24, 2.45) is 0 Å². The topological polar surface area (TPSA) is 42.0 Å². The van der Waals surface area contributed by atoms with E-state index in [-0.39, 0.29) is 11.7 Å². The fraction of sp³-hybridized carbons (Fsp3) is 0.111. The normalized spacial score (nSPS) is 10.5. The Morgan fingerprint density at radius 1 is 1.09 bits per heavy atom. The molecule has 0 atom stereocenters. The summed E-state index contributed by atoms with van der Waals surface area (Å²) in [6.45, 7) is 0. The third-order valence-electron chi connectivity index (χ3n) is 3.33. The highest BCUT2D eigenvalue weighted by Gasteiger charge is 2.09. The van der Waals surface area contributed by atoms with Gasteiger partial charge >= 0.3 is 0 Å². The lowest BCUT2D eigenvalue weighted by Crippen LogP contribution is -2.13. The van der Waals surface area contributed by atoms with Crippen molar-refractivity contribution in [1.82, 2.24) is 4.98 Å². The number of rotatable bonds is 5. The number of aromatic nitrogens is 1. The zero-order valence-corrected chi connectivity index (χ0v) is 13.1. The van der Waals surface area contributed by atoms with E-state index in [1.807, 2.05) is 36.4 Å². The standard InChI is InChI=1S/C18H15FN2OS/c19-16-9-5-4-8-14(16)11-15-12-20-18(23-15)21-17(22)10-13-6-2-1-3-7-13/h1-9,12H,10-11H2,(H,20,21,22). The Morgan fingerprint density at radius 2 is 1.83 bits per heavy atom. The molecule has 0 aliphatic carbocycles. The van der Waals surface area contributed by atoms with Crippen LogP contribution in [0.15, 0.2) is 60.8 Å². The predicted molar refractivity (Wildman–Crippen MR) is 90.1 cm³/mol. The molecule has 3 nitrogen and oxygen atoms in total. The number of amides is 1. The number of halogens is 1. The van der Waals surface area contributed by atoms with Crippen LogP contribution in [0.5, 0.6) is 0 Å². The van der Waals surface area contributed by atoms with Crippen LogP contribution < -0.4 is 5.32 Å². The van der Waals surface area contributed by atoms with Crippen molar-refractivity contribution in [3.05, 3.63) is 82.6 Å². The smallest absolute Gasteiger partial charge is 0.230 e. The van der Waals surface area contributed by atoms with Gasteiger partial charge in [0.05, 0.1) is 6.42 Å². The first-order chi connectivity index (χ1) is 11.2. The summed E-state index contributed by atoms with van der Waals surface area (Å²) in [7, 11) is 0. The molecule has 1 aromatic heterocycles. The molecule has 3 rings (SSSR count). The maximum Gasteiger partial charge on any atom is 0.230 e. The van der Waals surface area contributed by atoms with Crippen molar-refractivity contribution < 1.29 is 9.18 Å². The zero-order chi connectivity index (χ0) is 16.1. The Kier molecular flexibility index (Phi) is 4.78. The fourth-order valence-electron chi connectivity index (χ4n) is 2.22. The molecule has 0 unspecified atom stereocenters. The Hall–Kier alpha value is -2.53. The van der Waals surface area contributed by atoms with E-state index in [0.29, 0.717) is 23.5 Å². The van der Waals surface area contributed by atoms with Gasteiger partial charge in [-0.05, 0) is 17.2 Å². The SMILES string of the molecule is O=C(Cc1ccccc1)Nc1ncc(Cc2ccccc2F)s1. The lowest BCUT2D eigenvalue weighted by atomic mass is 10.1. The van der Waals surface area contributed by atoms with Crippen molar-refractivity contribution in [1.29, 1.82) is 0 Å². The van der Waals surface area contributed by atoms with E-state index in [9.17, 15) is 9.18 Å². The summed E-state index contributed by atoms with van der Waals surface area (Å²) in [5, 5.41) is 3.33. The van der Waals surface area contributed by atoms with Crippen LogP contribution in [0, 0.1) is 5.82 Å². The summed E-state index contributed by atoms with van der Waals surface area (Å²) in [4.78, 5) is 17.1. The first-order valence-electron chi connectivity index (χ1n) is 7.22. The summed E-state index contributed by atoms with van der Waals surface area (Å²) in [6.07, 6.45) is 2.46. The van der Waals surface area contributed by atoms with Gasteiger partial charge in [-0.1, -0.05) is 48.5 Å². The summed E-state index contributed by atoms with van der Waals surface area (Å²) < 4.78 is 13.6. The summed E-state index contributed by atoms with van der Waals surface area (Å²) in [6, 6.07) is 16.2. The molecule has 0 spiro atoms. The van der Waals surface area contributed by atoms with Crippen LogP contribution in [0.2, 0.25) is 0 Å². The minimum Gasteiger partial charge on any atom is -0.302 e. The van der Waals surface area contributed by atoms with Gasteiger partial charge < -0.3 is 5.32 Å². The van der Waals surface area contributed by atoms with E-state index in [1.165, 1.54) is 17.4 Å². The highest BCUT2D eigenvalue weighted by molar-refractivity contribution is 7.15. The van der Waals surface area contributed by atoms with Crippen LogP contribution in [0.3, 0.4) is 0 Å². The van der Waals surface area contributed by atoms with Crippen LogP contribution in [0.25, 0.3) is 0 Å². The van der Waals surface area contributed by atoms with Gasteiger partial charge in [0, 0.05) is 17.5 Å². The van der Waals surface area contributed by atoms with Crippen molar-refractivity contribution in [2.75, 3.05) is 5.32 Å². The van der Waals surface area contributed by atoms with Gasteiger partial charge in [-0.3, -0.25) is 4.79 Å². The minimum absolute atomic E-state index is 0.108. The number of anilines is 1. The third-order valence-corrected chi connectivity index (χ3v) is 4.24. The molecule has 0 radical (unpaired) electrons. The third kappa shape index (κ3) is 4.23. The molecule has 1 amide bonds. The van der Waals surface area contributed by atoms with Gasteiger partial charge in [0.2, 0.25) is 5.91 Å². The molecule has 2 aromatic carbocycles. The number of hydrogen-bond donors (Lipinski definition) is 1. The molecule has 1 heterocycles. The van der Waals surface area contributed by atoms with E-state index in [2.05, 4.69) is 10.3 Å². The Labute approximate surface area is 137 Å². The Balaban J connectivity index is 1.61. The van der Waals surface area contributed by atoms with Crippen molar-refractivity contribution in [3.8, 4) is 0 Å². The lowest BCUT2D eigenvalue weighted by molar-refractivity contribution is -0.115. The van der Waals surface area contributed by atoms with Gasteiger partial charge in [-0.25, -0.2) is 9.37 Å². The predicted octanol–water partition coefficient (Wildman–Crippen LogP) is 4.05. The molecule has 23 heavy (non-hydrogen) atoms. The molecule has 116 valence electrons. The van der Waals surface area contributed by atoms with Gasteiger partial charge in [-0.15, -0.1) is 11.3 Å². The number of nitrogens with one attached hydrogen (secondary N) is 1. The monoisotopic (exact) mass is 326 g/mol.